The Hall–Kier alpha value is -0.820. The first-order chi connectivity index (χ1) is 9.41. The fraction of sp³-hybridized carbons (Fsp3) is 0.667. The Kier molecular flexibility index (Phi) is 16.4. The molecule has 0 amide bonds. The molecule has 19 heavy (non-hydrogen) atoms. The number of aliphatic hydroxyl groups is 1. The number of hydrogen-bond acceptors (Lipinski definition) is 1. The van der Waals surface area contributed by atoms with Gasteiger partial charge in [0.15, 0.2) is 0 Å². The monoisotopic (exact) mass is 264 g/mol. The van der Waals surface area contributed by atoms with Crippen molar-refractivity contribution in [2.45, 2.75) is 71.1 Å². The van der Waals surface area contributed by atoms with E-state index in [1.165, 1.54) is 44.9 Å². The largest absolute Gasteiger partial charge is 0.396 e. The second-order valence-corrected chi connectivity index (χ2v) is 4.95. The first kappa shape index (κ1) is 18.2. The summed E-state index contributed by atoms with van der Waals surface area (Å²) in [5.74, 6) is 0. The Morgan fingerprint density at radius 2 is 1.16 bits per heavy atom. The van der Waals surface area contributed by atoms with Crippen LogP contribution < -0.4 is 0 Å². The third-order valence-corrected chi connectivity index (χ3v) is 3.06. The maximum absolute atomic E-state index is 8.59. The van der Waals surface area contributed by atoms with E-state index in [2.05, 4.69) is 37.3 Å². The fourth-order valence-corrected chi connectivity index (χ4v) is 1.89. The molecule has 0 unspecified atom stereocenters. The van der Waals surface area contributed by atoms with Gasteiger partial charge in [-0.2, -0.15) is 0 Å². The highest BCUT2D eigenvalue weighted by atomic mass is 16.2. The highest BCUT2D eigenvalue weighted by Crippen LogP contribution is 2.07. The van der Waals surface area contributed by atoms with Gasteiger partial charge in [0.1, 0.15) is 0 Å². The molecule has 0 aliphatic heterocycles. The van der Waals surface area contributed by atoms with Gasteiger partial charge in [0.25, 0.3) is 0 Å². The average Bonchev–Trinajstić information content (AvgIpc) is 2.43. The third kappa shape index (κ3) is 17.2. The minimum absolute atomic E-state index is 0.251. The number of aliphatic hydroxyl groups excluding tert-OH is 1. The Balaban J connectivity index is 3.22. The van der Waals surface area contributed by atoms with Gasteiger partial charge in [-0.15, -0.1) is 0 Å². The Bertz CT molecular complexity index is 238. The zero-order chi connectivity index (χ0) is 14.0. The summed E-state index contributed by atoms with van der Waals surface area (Å²) in [6.45, 7) is 2.51. The molecule has 0 spiro atoms. The van der Waals surface area contributed by atoms with Gasteiger partial charge in [0.2, 0.25) is 0 Å². The molecule has 0 aliphatic carbocycles. The van der Waals surface area contributed by atoms with Crippen molar-refractivity contribution in [2.24, 2.45) is 0 Å². The van der Waals surface area contributed by atoms with E-state index in [1.54, 1.807) is 0 Å². The quantitative estimate of drug-likeness (QED) is 0.340. The molecule has 1 N–H and O–H groups in total. The van der Waals surface area contributed by atoms with Crippen LogP contribution in [0.5, 0.6) is 0 Å². The predicted octanol–water partition coefficient (Wildman–Crippen LogP) is 5.57. The summed E-state index contributed by atoms with van der Waals surface area (Å²) in [6, 6.07) is 0. The van der Waals surface area contributed by atoms with Crippen LogP contribution in [0.1, 0.15) is 71.1 Å². The normalized spacial score (nSPS) is 12.3. The number of unbranched alkanes of at least 4 members (excludes halogenated alkanes) is 6. The topological polar surface area (TPSA) is 20.2 Å². The molecular formula is C18H32O. The van der Waals surface area contributed by atoms with Crippen LogP contribution in [-0.2, 0) is 0 Å². The van der Waals surface area contributed by atoms with E-state index in [1.807, 2.05) is 6.08 Å². The highest BCUT2D eigenvalue weighted by Gasteiger charge is 1.87. The van der Waals surface area contributed by atoms with Gasteiger partial charge in [-0.25, -0.2) is 0 Å². The van der Waals surface area contributed by atoms with E-state index < -0.39 is 0 Å². The Labute approximate surface area is 120 Å². The zero-order valence-electron chi connectivity index (χ0n) is 12.7. The van der Waals surface area contributed by atoms with Gasteiger partial charge in [0, 0.05) is 6.61 Å². The number of hydrogen-bond donors (Lipinski definition) is 1. The summed E-state index contributed by atoms with van der Waals surface area (Å²) in [5.41, 5.74) is 0. The van der Waals surface area contributed by atoms with Crippen molar-refractivity contribution in [1.82, 2.24) is 0 Å². The van der Waals surface area contributed by atoms with Crippen molar-refractivity contribution < 1.29 is 5.11 Å². The highest BCUT2D eigenvalue weighted by molar-refractivity contribution is 4.97. The lowest BCUT2D eigenvalue weighted by Crippen LogP contribution is -1.77. The molecular weight excluding hydrogens is 232 g/mol. The van der Waals surface area contributed by atoms with Crippen LogP contribution in [0.3, 0.4) is 0 Å². The van der Waals surface area contributed by atoms with E-state index in [4.69, 9.17) is 5.11 Å². The summed E-state index contributed by atoms with van der Waals surface area (Å²) in [5, 5.41) is 8.59. The molecule has 0 bridgehead atoms. The van der Waals surface area contributed by atoms with Gasteiger partial charge in [-0.1, -0.05) is 75.5 Å². The van der Waals surface area contributed by atoms with Crippen molar-refractivity contribution >= 4 is 0 Å². The summed E-state index contributed by atoms with van der Waals surface area (Å²) in [6.07, 6.45) is 25.4. The fourth-order valence-electron chi connectivity index (χ4n) is 1.89. The van der Waals surface area contributed by atoms with Crippen LogP contribution in [0.15, 0.2) is 36.5 Å². The van der Waals surface area contributed by atoms with E-state index >= 15 is 0 Å². The maximum atomic E-state index is 8.59. The third-order valence-electron chi connectivity index (χ3n) is 3.06. The zero-order valence-corrected chi connectivity index (χ0v) is 12.7. The molecule has 0 aliphatic rings. The summed E-state index contributed by atoms with van der Waals surface area (Å²) in [4.78, 5) is 0. The van der Waals surface area contributed by atoms with E-state index in [-0.39, 0.29) is 6.61 Å². The Morgan fingerprint density at radius 3 is 1.79 bits per heavy atom. The average molecular weight is 264 g/mol. The van der Waals surface area contributed by atoms with Crippen LogP contribution in [0, 0.1) is 0 Å². The van der Waals surface area contributed by atoms with Crippen LogP contribution in [-0.4, -0.2) is 11.7 Å². The van der Waals surface area contributed by atoms with Crippen LogP contribution in [0.4, 0.5) is 0 Å². The smallest absolute Gasteiger partial charge is 0.0465 e. The second-order valence-electron chi connectivity index (χ2n) is 4.95. The first-order valence-corrected chi connectivity index (χ1v) is 7.97. The molecule has 1 heteroatoms. The Morgan fingerprint density at radius 1 is 0.632 bits per heavy atom. The molecule has 0 atom stereocenters. The van der Waals surface area contributed by atoms with Gasteiger partial charge < -0.3 is 5.11 Å². The standard InChI is InChI=1S/C18H32O/c1-2-3-4-5-6-7-8-9-10-11-12-13-14-15-16-17-18-19/h9-10,12-13,15-16,19H,2-8,11,14,17-18H2,1H3. The molecule has 0 heterocycles. The molecule has 1 nitrogen and oxygen atoms in total. The molecule has 0 aromatic rings. The molecule has 0 saturated heterocycles. The lowest BCUT2D eigenvalue weighted by Gasteiger charge is -1.97. The van der Waals surface area contributed by atoms with Gasteiger partial charge in [-0.05, 0) is 32.1 Å². The molecule has 0 aromatic heterocycles. The first-order valence-electron chi connectivity index (χ1n) is 7.97. The van der Waals surface area contributed by atoms with Crippen molar-refractivity contribution in [3.05, 3.63) is 36.5 Å². The van der Waals surface area contributed by atoms with Crippen molar-refractivity contribution in [1.29, 1.82) is 0 Å². The molecule has 110 valence electrons. The molecule has 0 saturated carbocycles. The summed E-state index contributed by atoms with van der Waals surface area (Å²) >= 11 is 0. The minimum Gasteiger partial charge on any atom is -0.396 e. The van der Waals surface area contributed by atoms with E-state index in [0.29, 0.717) is 0 Å². The van der Waals surface area contributed by atoms with Crippen molar-refractivity contribution in [3.63, 3.8) is 0 Å². The van der Waals surface area contributed by atoms with Gasteiger partial charge >= 0.3 is 0 Å². The SMILES string of the molecule is CCCCCCCCC=CCC=CCC=CCCO. The maximum Gasteiger partial charge on any atom is 0.0465 e. The van der Waals surface area contributed by atoms with Crippen LogP contribution in [0.2, 0.25) is 0 Å². The summed E-state index contributed by atoms with van der Waals surface area (Å²) < 4.78 is 0. The molecule has 0 fully saturated rings. The summed E-state index contributed by atoms with van der Waals surface area (Å²) in [7, 11) is 0. The van der Waals surface area contributed by atoms with E-state index in [9.17, 15) is 0 Å². The van der Waals surface area contributed by atoms with Gasteiger partial charge in [-0.3, -0.25) is 0 Å². The number of rotatable bonds is 13. The lowest BCUT2D eigenvalue weighted by molar-refractivity contribution is 0.302. The lowest BCUT2D eigenvalue weighted by atomic mass is 10.1. The molecule has 0 rings (SSSR count). The number of allylic oxidation sites excluding steroid dienone is 5. The molecule has 0 aromatic carbocycles. The minimum atomic E-state index is 0.251. The molecule has 0 radical (unpaired) electrons. The van der Waals surface area contributed by atoms with E-state index in [0.717, 1.165) is 19.3 Å². The van der Waals surface area contributed by atoms with Crippen LogP contribution >= 0.6 is 0 Å². The second kappa shape index (κ2) is 17.2. The van der Waals surface area contributed by atoms with Crippen LogP contribution in [0.25, 0.3) is 0 Å². The van der Waals surface area contributed by atoms with Crippen molar-refractivity contribution in [2.75, 3.05) is 6.61 Å². The predicted molar refractivity (Wildman–Crippen MR) is 86.3 cm³/mol. The van der Waals surface area contributed by atoms with Crippen molar-refractivity contribution in [3.8, 4) is 0 Å². The van der Waals surface area contributed by atoms with Gasteiger partial charge in [0.05, 0.1) is 0 Å².